The van der Waals surface area contributed by atoms with Crippen molar-refractivity contribution >= 4 is 0 Å². The van der Waals surface area contributed by atoms with E-state index >= 15 is 0 Å². The minimum atomic E-state index is 0.288. The van der Waals surface area contributed by atoms with Crippen molar-refractivity contribution in [2.75, 3.05) is 39.8 Å². The Hall–Kier alpha value is -0.120. The molecule has 0 aromatic heterocycles. The first-order valence-corrected chi connectivity index (χ1v) is 7.84. The van der Waals surface area contributed by atoms with E-state index in [0.29, 0.717) is 0 Å². The molecule has 0 bridgehead atoms. The highest BCUT2D eigenvalue weighted by atomic mass is 15.3. The predicted octanol–water partition coefficient (Wildman–Crippen LogP) is 1.92. The standard InChI is InChI=1S/C15H31N3/c1-3-5-14-6-4-9-18(10-7-14)15(12-16)8-11-17(2)13-15/h14H,3-13,16H2,1-2H3. The second-order valence-electron chi connectivity index (χ2n) is 6.49. The van der Waals surface area contributed by atoms with E-state index < -0.39 is 0 Å². The molecule has 0 spiro atoms. The fourth-order valence-corrected chi connectivity index (χ4v) is 3.95. The van der Waals surface area contributed by atoms with Crippen LogP contribution in [0.5, 0.6) is 0 Å². The Morgan fingerprint density at radius 2 is 2.06 bits per heavy atom. The molecule has 3 heteroatoms. The summed E-state index contributed by atoms with van der Waals surface area (Å²) in [6, 6.07) is 0. The maximum absolute atomic E-state index is 6.14. The molecule has 2 saturated heterocycles. The van der Waals surface area contributed by atoms with Crippen LogP contribution in [0.15, 0.2) is 0 Å². The van der Waals surface area contributed by atoms with E-state index in [4.69, 9.17) is 5.73 Å². The Balaban J connectivity index is 1.96. The number of hydrogen-bond acceptors (Lipinski definition) is 3. The summed E-state index contributed by atoms with van der Waals surface area (Å²) in [4.78, 5) is 5.17. The van der Waals surface area contributed by atoms with Crippen LogP contribution >= 0.6 is 0 Å². The van der Waals surface area contributed by atoms with Crippen molar-refractivity contribution in [2.24, 2.45) is 11.7 Å². The normalized spacial score (nSPS) is 35.8. The van der Waals surface area contributed by atoms with E-state index in [0.717, 1.165) is 12.5 Å². The lowest BCUT2D eigenvalue weighted by Gasteiger charge is -2.40. The zero-order valence-corrected chi connectivity index (χ0v) is 12.3. The van der Waals surface area contributed by atoms with Crippen molar-refractivity contribution in [3.63, 3.8) is 0 Å². The van der Waals surface area contributed by atoms with Crippen LogP contribution in [0.1, 0.15) is 45.4 Å². The first kappa shape index (κ1) is 14.3. The van der Waals surface area contributed by atoms with E-state index in [2.05, 4.69) is 23.8 Å². The van der Waals surface area contributed by atoms with Crippen molar-refractivity contribution in [2.45, 2.75) is 51.0 Å². The van der Waals surface area contributed by atoms with Crippen LogP contribution in [-0.4, -0.2) is 55.1 Å². The van der Waals surface area contributed by atoms with Gasteiger partial charge in [0.05, 0.1) is 0 Å². The average Bonchev–Trinajstić information content (AvgIpc) is 2.60. The van der Waals surface area contributed by atoms with E-state index in [-0.39, 0.29) is 5.54 Å². The molecule has 0 saturated carbocycles. The molecular weight excluding hydrogens is 222 g/mol. The molecule has 0 aliphatic carbocycles. The van der Waals surface area contributed by atoms with Crippen LogP contribution in [0.2, 0.25) is 0 Å². The van der Waals surface area contributed by atoms with Gasteiger partial charge in [0.1, 0.15) is 0 Å². The molecule has 0 radical (unpaired) electrons. The van der Waals surface area contributed by atoms with Gasteiger partial charge in [-0.25, -0.2) is 0 Å². The summed E-state index contributed by atoms with van der Waals surface area (Å²) in [5, 5.41) is 0. The molecule has 2 unspecified atom stereocenters. The van der Waals surface area contributed by atoms with Gasteiger partial charge in [-0.3, -0.25) is 4.90 Å². The molecule has 0 aromatic carbocycles. The molecule has 2 rings (SSSR count). The van der Waals surface area contributed by atoms with Crippen molar-refractivity contribution in [1.82, 2.24) is 9.80 Å². The van der Waals surface area contributed by atoms with Gasteiger partial charge in [0.25, 0.3) is 0 Å². The Morgan fingerprint density at radius 3 is 2.67 bits per heavy atom. The number of likely N-dealkylation sites (N-methyl/N-ethyl adjacent to an activating group) is 1. The lowest BCUT2D eigenvalue weighted by atomic mass is 9.94. The quantitative estimate of drug-likeness (QED) is 0.831. The number of likely N-dealkylation sites (tertiary alicyclic amines) is 2. The number of nitrogens with two attached hydrogens (primary N) is 1. The van der Waals surface area contributed by atoms with E-state index in [1.54, 1.807) is 0 Å². The second-order valence-corrected chi connectivity index (χ2v) is 6.49. The maximum atomic E-state index is 6.14. The van der Waals surface area contributed by atoms with Crippen molar-refractivity contribution < 1.29 is 0 Å². The Morgan fingerprint density at radius 1 is 1.22 bits per heavy atom. The zero-order valence-electron chi connectivity index (χ0n) is 12.3. The van der Waals surface area contributed by atoms with Crippen LogP contribution in [0, 0.1) is 5.92 Å². The molecule has 0 aromatic rings. The van der Waals surface area contributed by atoms with Gasteiger partial charge in [-0.1, -0.05) is 19.8 Å². The molecule has 2 heterocycles. The number of nitrogens with zero attached hydrogens (tertiary/aromatic N) is 2. The molecular formula is C15H31N3. The van der Waals surface area contributed by atoms with Gasteiger partial charge in [0.2, 0.25) is 0 Å². The topological polar surface area (TPSA) is 32.5 Å². The van der Waals surface area contributed by atoms with Crippen LogP contribution in [0.4, 0.5) is 0 Å². The van der Waals surface area contributed by atoms with Gasteiger partial charge in [-0.2, -0.15) is 0 Å². The highest BCUT2D eigenvalue weighted by Crippen LogP contribution is 2.31. The third kappa shape index (κ3) is 3.06. The van der Waals surface area contributed by atoms with Crippen molar-refractivity contribution in [3.05, 3.63) is 0 Å². The van der Waals surface area contributed by atoms with Crippen LogP contribution in [0.25, 0.3) is 0 Å². The fraction of sp³-hybridized carbons (Fsp3) is 1.00. The van der Waals surface area contributed by atoms with Gasteiger partial charge in [0.15, 0.2) is 0 Å². The summed E-state index contributed by atoms with van der Waals surface area (Å²) < 4.78 is 0. The van der Waals surface area contributed by atoms with Gasteiger partial charge in [-0.15, -0.1) is 0 Å². The van der Waals surface area contributed by atoms with Crippen LogP contribution in [0.3, 0.4) is 0 Å². The number of rotatable bonds is 4. The monoisotopic (exact) mass is 253 g/mol. The molecule has 2 fully saturated rings. The Bertz CT molecular complexity index is 256. The summed E-state index contributed by atoms with van der Waals surface area (Å²) in [7, 11) is 2.23. The Kier molecular flexibility index (Phi) is 5.05. The first-order chi connectivity index (χ1) is 8.70. The molecule has 2 aliphatic heterocycles. The molecule has 3 nitrogen and oxygen atoms in total. The lowest BCUT2D eigenvalue weighted by Crippen LogP contribution is -2.55. The summed E-state index contributed by atoms with van der Waals surface area (Å²) >= 11 is 0. The lowest BCUT2D eigenvalue weighted by molar-refractivity contribution is 0.104. The minimum Gasteiger partial charge on any atom is -0.329 e. The van der Waals surface area contributed by atoms with E-state index in [9.17, 15) is 0 Å². The van der Waals surface area contributed by atoms with Crippen LogP contribution in [-0.2, 0) is 0 Å². The maximum Gasteiger partial charge on any atom is 0.0470 e. The molecule has 2 N–H and O–H groups in total. The highest BCUT2D eigenvalue weighted by Gasteiger charge is 2.41. The SMILES string of the molecule is CCCC1CCCN(C2(CN)CCN(C)C2)CC1. The molecule has 18 heavy (non-hydrogen) atoms. The van der Waals surface area contributed by atoms with Crippen molar-refractivity contribution in [1.29, 1.82) is 0 Å². The molecule has 2 atom stereocenters. The summed E-state index contributed by atoms with van der Waals surface area (Å²) in [5.74, 6) is 0.967. The average molecular weight is 253 g/mol. The van der Waals surface area contributed by atoms with Gasteiger partial charge < -0.3 is 10.6 Å². The molecule has 2 aliphatic rings. The zero-order chi connectivity index (χ0) is 13.0. The first-order valence-electron chi connectivity index (χ1n) is 7.84. The van der Waals surface area contributed by atoms with Crippen molar-refractivity contribution in [3.8, 4) is 0 Å². The number of hydrogen-bond donors (Lipinski definition) is 1. The predicted molar refractivity (Wildman–Crippen MR) is 77.7 cm³/mol. The molecule has 0 amide bonds. The fourth-order valence-electron chi connectivity index (χ4n) is 3.95. The van der Waals surface area contributed by atoms with Gasteiger partial charge in [0, 0.05) is 18.6 Å². The third-order valence-corrected chi connectivity index (χ3v) is 5.12. The van der Waals surface area contributed by atoms with Gasteiger partial charge >= 0.3 is 0 Å². The van der Waals surface area contributed by atoms with Gasteiger partial charge in [-0.05, 0) is 58.3 Å². The van der Waals surface area contributed by atoms with E-state index in [1.807, 2.05) is 0 Å². The smallest absolute Gasteiger partial charge is 0.0470 e. The van der Waals surface area contributed by atoms with E-state index in [1.165, 1.54) is 64.7 Å². The Labute approximate surface area is 113 Å². The highest BCUT2D eigenvalue weighted by molar-refractivity contribution is 4.99. The van der Waals surface area contributed by atoms with Crippen LogP contribution < -0.4 is 5.73 Å². The summed E-state index contributed by atoms with van der Waals surface area (Å²) in [6.45, 7) is 8.07. The third-order valence-electron chi connectivity index (χ3n) is 5.12. The molecule has 106 valence electrons. The largest absolute Gasteiger partial charge is 0.329 e. The minimum absolute atomic E-state index is 0.288. The summed E-state index contributed by atoms with van der Waals surface area (Å²) in [5.41, 5.74) is 6.43. The second kappa shape index (κ2) is 6.36. The summed E-state index contributed by atoms with van der Waals surface area (Å²) in [6.07, 6.45) is 8.22.